The first-order chi connectivity index (χ1) is 15.3. The molecule has 168 valence electrons. The lowest BCUT2D eigenvalue weighted by Crippen LogP contribution is -2.25. The van der Waals surface area contributed by atoms with Crippen molar-refractivity contribution in [3.05, 3.63) is 51.3 Å². The van der Waals surface area contributed by atoms with Gasteiger partial charge in [0.15, 0.2) is 5.82 Å². The molecule has 0 aliphatic heterocycles. The van der Waals surface area contributed by atoms with Gasteiger partial charge in [-0.05, 0) is 46.5 Å². The number of benzene rings is 1. The molecule has 1 aromatic carbocycles. The van der Waals surface area contributed by atoms with Crippen molar-refractivity contribution in [2.75, 3.05) is 7.11 Å². The van der Waals surface area contributed by atoms with Crippen molar-refractivity contribution >= 4 is 52.0 Å². The maximum absolute atomic E-state index is 12.5. The fourth-order valence-corrected chi connectivity index (χ4v) is 4.77. The molecule has 8 nitrogen and oxygen atoms in total. The number of nitrogens with zero attached hydrogens (tertiary/aromatic N) is 4. The molecule has 2 aromatic heterocycles. The van der Waals surface area contributed by atoms with E-state index in [0.717, 1.165) is 24.0 Å². The number of methoxy groups -OCH3 is 1. The highest BCUT2D eigenvalue weighted by Crippen LogP contribution is 2.34. The van der Waals surface area contributed by atoms with Gasteiger partial charge in [0.2, 0.25) is 0 Å². The molecule has 0 bridgehead atoms. The van der Waals surface area contributed by atoms with Crippen LogP contribution < -0.4 is 5.32 Å². The zero-order chi connectivity index (χ0) is 23.0. The van der Waals surface area contributed by atoms with E-state index in [9.17, 15) is 9.59 Å². The van der Waals surface area contributed by atoms with Gasteiger partial charge < -0.3 is 10.1 Å². The molecule has 32 heavy (non-hydrogen) atoms. The van der Waals surface area contributed by atoms with Crippen LogP contribution in [0.2, 0.25) is 5.02 Å². The average molecular weight is 539 g/mol. The number of esters is 1. The molecule has 0 saturated heterocycles. The maximum atomic E-state index is 12.5. The molecule has 1 unspecified atom stereocenters. The third-order valence-corrected chi connectivity index (χ3v) is 6.66. The SMILES string of the molecule is COC(=O)CC(S)c1nn(C)c(-n2cc(-c3ccc(Cl)c(C(=O)NC4CC4)c3)cn2)c1Br. The first-order valence-corrected chi connectivity index (χ1v) is 11.6. The van der Waals surface area contributed by atoms with E-state index in [0.29, 0.717) is 26.6 Å². The number of ether oxygens (including phenoxy) is 1. The van der Waals surface area contributed by atoms with Crippen LogP contribution in [0.15, 0.2) is 35.1 Å². The quantitative estimate of drug-likeness (QED) is 0.349. The Morgan fingerprint density at radius 1 is 1.38 bits per heavy atom. The van der Waals surface area contributed by atoms with Crippen LogP contribution >= 0.6 is 40.2 Å². The zero-order valence-electron chi connectivity index (χ0n) is 17.4. The van der Waals surface area contributed by atoms with Gasteiger partial charge in [-0.15, -0.1) is 0 Å². The van der Waals surface area contributed by atoms with Crippen LogP contribution in [0.25, 0.3) is 16.9 Å². The van der Waals surface area contributed by atoms with Gasteiger partial charge in [-0.1, -0.05) is 17.7 Å². The summed E-state index contributed by atoms with van der Waals surface area (Å²) in [6.07, 6.45) is 5.65. The number of amides is 1. The Kier molecular flexibility index (Phi) is 6.64. The van der Waals surface area contributed by atoms with E-state index in [-0.39, 0.29) is 24.3 Å². The fraction of sp³-hybridized carbons (Fsp3) is 0.333. The number of aromatic nitrogens is 4. The summed E-state index contributed by atoms with van der Waals surface area (Å²) in [6, 6.07) is 5.58. The first kappa shape index (κ1) is 22.9. The number of hydrogen-bond acceptors (Lipinski definition) is 6. The molecule has 1 atom stereocenters. The second-order valence-electron chi connectivity index (χ2n) is 7.56. The number of rotatable bonds is 7. The van der Waals surface area contributed by atoms with E-state index in [1.165, 1.54) is 7.11 Å². The van der Waals surface area contributed by atoms with Crippen molar-refractivity contribution < 1.29 is 14.3 Å². The zero-order valence-corrected chi connectivity index (χ0v) is 20.6. The van der Waals surface area contributed by atoms with Crippen LogP contribution in [0.5, 0.6) is 0 Å². The van der Waals surface area contributed by atoms with Crippen molar-refractivity contribution in [1.29, 1.82) is 0 Å². The van der Waals surface area contributed by atoms with Gasteiger partial charge in [0.25, 0.3) is 5.91 Å². The molecule has 11 heteroatoms. The summed E-state index contributed by atoms with van der Waals surface area (Å²) in [5.41, 5.74) is 2.68. The standard InChI is InChI=1S/C21H21BrClN5O3S/c1-27-21(18(22)19(26-27)16(32)8-17(29)31-2)28-10-12(9-24-28)11-3-6-15(23)14(7-11)20(30)25-13-4-5-13/h3,6-7,9-10,13,16,32H,4-5,8H2,1-2H3,(H,25,30). The van der Waals surface area contributed by atoms with Crippen LogP contribution in [-0.4, -0.2) is 44.6 Å². The Hall–Kier alpha value is -2.30. The Labute approximate surface area is 203 Å². The number of nitrogens with one attached hydrogen (secondary N) is 1. The summed E-state index contributed by atoms with van der Waals surface area (Å²) >= 11 is 14.3. The van der Waals surface area contributed by atoms with E-state index in [1.807, 2.05) is 12.3 Å². The van der Waals surface area contributed by atoms with Gasteiger partial charge in [-0.3, -0.25) is 9.59 Å². The maximum Gasteiger partial charge on any atom is 0.307 e. The van der Waals surface area contributed by atoms with Crippen molar-refractivity contribution in [1.82, 2.24) is 24.9 Å². The minimum Gasteiger partial charge on any atom is -0.469 e. The molecule has 0 radical (unpaired) electrons. The van der Waals surface area contributed by atoms with Gasteiger partial charge in [-0.25, -0.2) is 9.36 Å². The molecule has 4 rings (SSSR count). The molecule has 2 heterocycles. The molecular weight excluding hydrogens is 518 g/mol. The van der Waals surface area contributed by atoms with Crippen LogP contribution in [0, 0.1) is 0 Å². The summed E-state index contributed by atoms with van der Waals surface area (Å²) in [5.74, 6) is 0.141. The number of halogens is 2. The summed E-state index contributed by atoms with van der Waals surface area (Å²) in [4.78, 5) is 24.1. The predicted octanol–water partition coefficient (Wildman–Crippen LogP) is 4.11. The molecular formula is C21H21BrClN5O3S. The van der Waals surface area contributed by atoms with E-state index in [4.69, 9.17) is 16.3 Å². The number of hydrogen-bond donors (Lipinski definition) is 2. The van der Waals surface area contributed by atoms with Crippen LogP contribution in [-0.2, 0) is 16.6 Å². The monoisotopic (exact) mass is 537 g/mol. The summed E-state index contributed by atoms with van der Waals surface area (Å²) in [5, 5.41) is 11.9. The number of carbonyl (C=O) groups excluding carboxylic acids is 2. The van der Waals surface area contributed by atoms with E-state index in [2.05, 4.69) is 44.1 Å². The third-order valence-electron chi connectivity index (χ3n) is 5.15. The summed E-state index contributed by atoms with van der Waals surface area (Å²) in [7, 11) is 3.12. The number of thiol groups is 1. The van der Waals surface area contributed by atoms with Crippen molar-refractivity contribution in [2.45, 2.75) is 30.6 Å². The van der Waals surface area contributed by atoms with Gasteiger partial charge in [0.1, 0.15) is 0 Å². The van der Waals surface area contributed by atoms with E-state index >= 15 is 0 Å². The Bertz CT molecular complexity index is 1190. The lowest BCUT2D eigenvalue weighted by Gasteiger charge is -2.07. The largest absolute Gasteiger partial charge is 0.469 e. The molecule has 3 aromatic rings. The highest BCUT2D eigenvalue weighted by atomic mass is 79.9. The second kappa shape index (κ2) is 9.29. The molecule has 1 aliphatic rings. The number of aryl methyl sites for hydroxylation is 1. The van der Waals surface area contributed by atoms with Crippen LogP contribution in [0.1, 0.15) is 40.6 Å². The lowest BCUT2D eigenvalue weighted by molar-refractivity contribution is -0.140. The topological polar surface area (TPSA) is 91.0 Å². The summed E-state index contributed by atoms with van der Waals surface area (Å²) < 4.78 is 8.74. The molecule has 1 aliphatic carbocycles. The Balaban J connectivity index is 1.62. The second-order valence-corrected chi connectivity index (χ2v) is 9.38. The summed E-state index contributed by atoms with van der Waals surface area (Å²) in [6.45, 7) is 0. The highest BCUT2D eigenvalue weighted by Gasteiger charge is 2.26. The Morgan fingerprint density at radius 2 is 2.12 bits per heavy atom. The van der Waals surface area contributed by atoms with Gasteiger partial charge >= 0.3 is 5.97 Å². The van der Waals surface area contributed by atoms with Crippen molar-refractivity contribution in [2.24, 2.45) is 7.05 Å². The third kappa shape index (κ3) is 4.72. The molecule has 1 N–H and O–H groups in total. The van der Waals surface area contributed by atoms with Crippen LogP contribution in [0.4, 0.5) is 0 Å². The van der Waals surface area contributed by atoms with Crippen molar-refractivity contribution in [3.63, 3.8) is 0 Å². The molecule has 1 saturated carbocycles. The van der Waals surface area contributed by atoms with Crippen LogP contribution in [0.3, 0.4) is 0 Å². The minimum atomic E-state index is -0.435. The number of carbonyl (C=O) groups is 2. The van der Waals surface area contributed by atoms with E-state index < -0.39 is 5.25 Å². The average Bonchev–Trinajstić information content (AvgIpc) is 3.35. The Morgan fingerprint density at radius 3 is 2.81 bits per heavy atom. The fourth-order valence-electron chi connectivity index (χ4n) is 3.27. The normalized spacial score (nSPS) is 14.3. The van der Waals surface area contributed by atoms with Gasteiger partial charge in [0, 0.05) is 24.8 Å². The first-order valence-electron chi connectivity index (χ1n) is 9.91. The van der Waals surface area contributed by atoms with Crippen molar-refractivity contribution in [3.8, 4) is 16.9 Å². The molecule has 0 spiro atoms. The lowest BCUT2D eigenvalue weighted by atomic mass is 10.1. The van der Waals surface area contributed by atoms with Gasteiger partial charge in [0.05, 0.1) is 45.7 Å². The smallest absolute Gasteiger partial charge is 0.307 e. The predicted molar refractivity (Wildman–Crippen MR) is 127 cm³/mol. The highest BCUT2D eigenvalue weighted by molar-refractivity contribution is 9.10. The molecule has 1 amide bonds. The van der Waals surface area contributed by atoms with Gasteiger partial charge in [-0.2, -0.15) is 22.8 Å². The van der Waals surface area contributed by atoms with E-state index in [1.54, 1.807) is 34.7 Å². The minimum absolute atomic E-state index is 0.0928. The molecule has 1 fully saturated rings.